The molecule has 4 nitrogen and oxygen atoms in total. The van der Waals surface area contributed by atoms with E-state index >= 15 is 0 Å². The van der Waals surface area contributed by atoms with E-state index in [4.69, 9.17) is 4.55 Å². The second-order valence-corrected chi connectivity index (χ2v) is 3.64. The van der Waals surface area contributed by atoms with Crippen LogP contribution in [0.2, 0.25) is 0 Å². The third kappa shape index (κ3) is 2.97. The summed E-state index contributed by atoms with van der Waals surface area (Å²) in [6.07, 6.45) is 0.498. The average molecular weight is 220 g/mol. The van der Waals surface area contributed by atoms with Crippen molar-refractivity contribution in [3.05, 3.63) is 29.6 Å². The minimum absolute atomic E-state index is 0.248. The highest BCUT2D eigenvalue weighted by atomic mass is 32.3. The third-order valence-electron chi connectivity index (χ3n) is 1.61. The highest BCUT2D eigenvalue weighted by Gasteiger charge is 2.09. The zero-order valence-electron chi connectivity index (χ0n) is 7.40. The van der Waals surface area contributed by atoms with Crippen LogP contribution in [0.25, 0.3) is 0 Å². The summed E-state index contributed by atoms with van der Waals surface area (Å²) in [5, 5.41) is 0. The SMILES string of the molecule is CCc1ccc(OS(=O)(=O)O)cc1F. The van der Waals surface area contributed by atoms with E-state index in [0.717, 1.165) is 6.07 Å². The molecule has 0 aliphatic carbocycles. The molecule has 0 amide bonds. The minimum Gasteiger partial charge on any atom is -0.362 e. The van der Waals surface area contributed by atoms with Crippen molar-refractivity contribution in [2.24, 2.45) is 0 Å². The standard InChI is InChI=1S/C8H9FO4S/c1-2-6-3-4-7(5-8(6)9)13-14(10,11)12/h3-5H,2H2,1H3,(H,10,11,12). The zero-order chi connectivity index (χ0) is 10.8. The maximum Gasteiger partial charge on any atom is 0.446 e. The van der Waals surface area contributed by atoms with Gasteiger partial charge in [-0.15, -0.1) is 0 Å². The van der Waals surface area contributed by atoms with Crippen LogP contribution in [0.15, 0.2) is 18.2 Å². The van der Waals surface area contributed by atoms with Gasteiger partial charge in [0.15, 0.2) is 0 Å². The molecule has 0 saturated carbocycles. The highest BCUT2D eigenvalue weighted by molar-refractivity contribution is 7.81. The van der Waals surface area contributed by atoms with E-state index in [1.165, 1.54) is 12.1 Å². The van der Waals surface area contributed by atoms with E-state index in [0.29, 0.717) is 12.0 Å². The lowest BCUT2D eigenvalue weighted by Crippen LogP contribution is -2.06. The van der Waals surface area contributed by atoms with Gasteiger partial charge in [-0.05, 0) is 18.1 Å². The average Bonchev–Trinajstić information content (AvgIpc) is 2.01. The van der Waals surface area contributed by atoms with Crippen LogP contribution in [0.4, 0.5) is 4.39 Å². The monoisotopic (exact) mass is 220 g/mol. The Labute approximate surface area is 81.3 Å². The van der Waals surface area contributed by atoms with Crippen molar-refractivity contribution < 1.29 is 21.5 Å². The second-order valence-electron chi connectivity index (χ2n) is 2.62. The lowest BCUT2D eigenvalue weighted by atomic mass is 10.1. The van der Waals surface area contributed by atoms with E-state index < -0.39 is 16.2 Å². The molecule has 6 heteroatoms. The van der Waals surface area contributed by atoms with Crippen LogP contribution in [-0.4, -0.2) is 13.0 Å². The first-order valence-corrected chi connectivity index (χ1v) is 5.24. The molecule has 0 spiro atoms. The Kier molecular flexibility index (Phi) is 3.07. The van der Waals surface area contributed by atoms with E-state index in [9.17, 15) is 12.8 Å². The molecule has 0 bridgehead atoms. The van der Waals surface area contributed by atoms with Crippen molar-refractivity contribution in [2.75, 3.05) is 0 Å². The molecule has 0 unspecified atom stereocenters. The smallest absolute Gasteiger partial charge is 0.362 e. The van der Waals surface area contributed by atoms with Gasteiger partial charge in [0.25, 0.3) is 0 Å². The number of halogens is 1. The van der Waals surface area contributed by atoms with Gasteiger partial charge in [0.1, 0.15) is 11.6 Å². The van der Waals surface area contributed by atoms with Gasteiger partial charge < -0.3 is 4.18 Å². The first-order chi connectivity index (χ1) is 6.42. The largest absolute Gasteiger partial charge is 0.446 e. The highest BCUT2D eigenvalue weighted by Crippen LogP contribution is 2.18. The van der Waals surface area contributed by atoms with Crippen molar-refractivity contribution in [3.63, 3.8) is 0 Å². The van der Waals surface area contributed by atoms with Crippen LogP contribution in [0.5, 0.6) is 5.75 Å². The number of benzene rings is 1. The molecule has 14 heavy (non-hydrogen) atoms. The van der Waals surface area contributed by atoms with Gasteiger partial charge in [-0.1, -0.05) is 13.0 Å². The summed E-state index contributed by atoms with van der Waals surface area (Å²) < 4.78 is 46.0. The van der Waals surface area contributed by atoms with Crippen molar-refractivity contribution in [2.45, 2.75) is 13.3 Å². The van der Waals surface area contributed by atoms with Crippen molar-refractivity contribution in [1.29, 1.82) is 0 Å². The Morgan fingerprint density at radius 1 is 1.50 bits per heavy atom. The van der Waals surface area contributed by atoms with Crippen LogP contribution in [-0.2, 0) is 16.8 Å². The normalized spacial score (nSPS) is 11.4. The van der Waals surface area contributed by atoms with E-state index in [1.54, 1.807) is 6.92 Å². The van der Waals surface area contributed by atoms with Gasteiger partial charge >= 0.3 is 10.4 Å². The van der Waals surface area contributed by atoms with Crippen LogP contribution in [0, 0.1) is 5.82 Å². The molecule has 0 aliphatic heterocycles. The Bertz CT molecular complexity index is 427. The fourth-order valence-corrected chi connectivity index (χ4v) is 1.34. The summed E-state index contributed by atoms with van der Waals surface area (Å²) in [5.41, 5.74) is 0.452. The van der Waals surface area contributed by atoms with Gasteiger partial charge in [-0.3, -0.25) is 4.55 Å². The first kappa shape index (κ1) is 10.9. The number of aryl methyl sites for hydroxylation is 1. The summed E-state index contributed by atoms with van der Waals surface area (Å²) in [6, 6.07) is 3.58. The van der Waals surface area contributed by atoms with Gasteiger partial charge in [0, 0.05) is 6.07 Å². The Morgan fingerprint density at radius 3 is 2.57 bits per heavy atom. The predicted molar refractivity (Wildman–Crippen MR) is 48.0 cm³/mol. The summed E-state index contributed by atoms with van der Waals surface area (Å²) in [4.78, 5) is 0. The molecule has 1 aromatic carbocycles. The summed E-state index contributed by atoms with van der Waals surface area (Å²) in [6.45, 7) is 1.77. The lowest BCUT2D eigenvalue weighted by molar-refractivity contribution is 0.386. The fourth-order valence-electron chi connectivity index (χ4n) is 0.988. The number of hydrogen-bond acceptors (Lipinski definition) is 3. The Balaban J connectivity index is 2.98. The number of hydrogen-bond donors (Lipinski definition) is 1. The van der Waals surface area contributed by atoms with Crippen LogP contribution < -0.4 is 4.18 Å². The third-order valence-corrected chi connectivity index (χ3v) is 2.01. The van der Waals surface area contributed by atoms with Gasteiger partial charge in [0.2, 0.25) is 0 Å². The summed E-state index contributed by atoms with van der Waals surface area (Å²) in [5.74, 6) is -0.809. The maximum absolute atomic E-state index is 13.1. The molecule has 1 N–H and O–H groups in total. The Hall–Kier alpha value is -1.14. The lowest BCUT2D eigenvalue weighted by Gasteiger charge is -2.03. The topological polar surface area (TPSA) is 63.6 Å². The Morgan fingerprint density at radius 2 is 2.14 bits per heavy atom. The first-order valence-electron chi connectivity index (χ1n) is 3.87. The van der Waals surface area contributed by atoms with Crippen molar-refractivity contribution >= 4 is 10.4 Å². The van der Waals surface area contributed by atoms with Gasteiger partial charge in [-0.2, -0.15) is 8.42 Å². The fraction of sp³-hybridized carbons (Fsp3) is 0.250. The molecule has 1 aromatic rings. The molecule has 0 aliphatic rings. The van der Waals surface area contributed by atoms with Crippen molar-refractivity contribution in [1.82, 2.24) is 0 Å². The number of rotatable bonds is 3. The van der Waals surface area contributed by atoms with E-state index in [2.05, 4.69) is 4.18 Å². The van der Waals surface area contributed by atoms with E-state index in [1.807, 2.05) is 0 Å². The summed E-state index contributed by atoms with van der Waals surface area (Å²) >= 11 is 0. The van der Waals surface area contributed by atoms with Crippen LogP contribution in [0.3, 0.4) is 0 Å². The second kappa shape index (κ2) is 3.93. The van der Waals surface area contributed by atoms with E-state index in [-0.39, 0.29) is 5.75 Å². The molecule has 0 radical (unpaired) electrons. The van der Waals surface area contributed by atoms with Gasteiger partial charge in [0.05, 0.1) is 0 Å². The molecule has 78 valence electrons. The minimum atomic E-state index is -4.58. The van der Waals surface area contributed by atoms with Crippen LogP contribution in [0.1, 0.15) is 12.5 Å². The molecular formula is C8H9FO4S. The van der Waals surface area contributed by atoms with Crippen molar-refractivity contribution in [3.8, 4) is 5.75 Å². The molecule has 0 aromatic heterocycles. The molecule has 0 fully saturated rings. The summed E-state index contributed by atoms with van der Waals surface area (Å²) in [7, 11) is -4.58. The maximum atomic E-state index is 13.1. The predicted octanol–water partition coefficient (Wildman–Crippen LogP) is 1.57. The molecule has 0 atom stereocenters. The quantitative estimate of drug-likeness (QED) is 0.785. The van der Waals surface area contributed by atoms with Gasteiger partial charge in [-0.25, -0.2) is 4.39 Å². The molecule has 1 rings (SSSR count). The molecular weight excluding hydrogens is 211 g/mol. The van der Waals surface area contributed by atoms with Crippen LogP contribution >= 0.6 is 0 Å². The molecule has 0 saturated heterocycles. The zero-order valence-corrected chi connectivity index (χ0v) is 8.21. The molecule has 0 heterocycles.